The Morgan fingerprint density at radius 3 is 2.41 bits per heavy atom. The molecule has 0 bridgehead atoms. The minimum atomic E-state index is -3.47. The van der Waals surface area contributed by atoms with E-state index in [1.54, 1.807) is 0 Å². The van der Waals surface area contributed by atoms with E-state index in [-0.39, 0.29) is 23.0 Å². The molecule has 0 aliphatic carbocycles. The molecular formula is C11H20ClNO3S. The molecular weight excluding hydrogens is 262 g/mol. The van der Waals surface area contributed by atoms with Crippen LogP contribution in [0.5, 0.6) is 0 Å². The first kappa shape index (κ1) is 14.8. The lowest BCUT2D eigenvalue weighted by atomic mass is 9.80. The maximum atomic E-state index is 11.9. The molecule has 0 N–H and O–H groups in total. The third kappa shape index (κ3) is 3.58. The molecule has 0 aromatic heterocycles. The Labute approximate surface area is 108 Å². The summed E-state index contributed by atoms with van der Waals surface area (Å²) in [6.07, 6.45) is 0.706. The van der Waals surface area contributed by atoms with Gasteiger partial charge in [-0.15, -0.1) is 11.6 Å². The van der Waals surface area contributed by atoms with E-state index in [0.717, 1.165) is 4.31 Å². The fourth-order valence-electron chi connectivity index (χ4n) is 1.88. The van der Waals surface area contributed by atoms with Crippen LogP contribution in [0.2, 0.25) is 0 Å². The van der Waals surface area contributed by atoms with Gasteiger partial charge in [-0.05, 0) is 17.8 Å². The first-order chi connectivity index (χ1) is 7.68. The number of sulfonamides is 1. The maximum absolute atomic E-state index is 11.9. The summed E-state index contributed by atoms with van der Waals surface area (Å²) in [6.45, 7) is 6.40. The molecule has 0 spiro atoms. The Balaban J connectivity index is 2.78. The van der Waals surface area contributed by atoms with Crippen molar-refractivity contribution in [1.29, 1.82) is 0 Å². The van der Waals surface area contributed by atoms with Crippen molar-refractivity contribution in [1.82, 2.24) is 4.31 Å². The van der Waals surface area contributed by atoms with Crippen LogP contribution in [0.3, 0.4) is 0 Å². The van der Waals surface area contributed by atoms with Gasteiger partial charge in [0, 0.05) is 18.8 Å². The highest BCUT2D eigenvalue weighted by Crippen LogP contribution is 2.35. The lowest BCUT2D eigenvalue weighted by molar-refractivity contribution is -0.123. The van der Waals surface area contributed by atoms with Gasteiger partial charge in [0.25, 0.3) is 0 Å². The molecule has 1 aliphatic rings. The van der Waals surface area contributed by atoms with Crippen LogP contribution in [-0.2, 0) is 14.8 Å². The molecule has 1 aliphatic heterocycles. The number of hydrogen-bond acceptors (Lipinski definition) is 3. The normalized spacial score (nSPS) is 22.2. The summed E-state index contributed by atoms with van der Waals surface area (Å²) in [5, 5.41) is 0. The lowest BCUT2D eigenvalue weighted by Crippen LogP contribution is -2.35. The minimum absolute atomic E-state index is 0.0426. The second-order valence-corrected chi connectivity index (χ2v) is 7.94. The molecule has 1 atom stereocenters. The van der Waals surface area contributed by atoms with Gasteiger partial charge in [-0.2, -0.15) is 0 Å². The predicted molar refractivity (Wildman–Crippen MR) is 68.4 cm³/mol. The third-order valence-electron chi connectivity index (χ3n) is 3.18. The molecule has 1 heterocycles. The Kier molecular flexibility index (Phi) is 4.47. The summed E-state index contributed by atoms with van der Waals surface area (Å²) in [6, 6.07) is 0. The Bertz CT molecular complexity index is 386. The number of alkyl halides is 1. The third-order valence-corrected chi connectivity index (χ3v) is 5.28. The molecule has 0 aromatic rings. The molecule has 1 saturated heterocycles. The predicted octanol–water partition coefficient (Wildman–Crippen LogP) is 1.84. The van der Waals surface area contributed by atoms with Gasteiger partial charge in [0.2, 0.25) is 15.9 Å². The van der Waals surface area contributed by atoms with Crippen molar-refractivity contribution in [3.63, 3.8) is 0 Å². The van der Waals surface area contributed by atoms with Gasteiger partial charge in [0.1, 0.15) is 0 Å². The zero-order valence-corrected chi connectivity index (χ0v) is 12.1. The highest BCUT2D eigenvalue weighted by atomic mass is 35.5. The summed E-state index contributed by atoms with van der Waals surface area (Å²) >= 11 is 5.48. The monoisotopic (exact) mass is 281 g/mol. The number of hydrogen-bond donors (Lipinski definition) is 0. The standard InChI is InChI=1S/C11H20ClNO3S/c1-11(2,3)9-7-10(14)13(8-9)17(15,16)6-4-5-12/h9H,4-8H2,1-3H3. The second-order valence-electron chi connectivity index (χ2n) is 5.55. The van der Waals surface area contributed by atoms with E-state index in [9.17, 15) is 13.2 Å². The van der Waals surface area contributed by atoms with Crippen LogP contribution in [0.1, 0.15) is 33.6 Å². The fourth-order valence-corrected chi connectivity index (χ4v) is 3.69. The van der Waals surface area contributed by atoms with Gasteiger partial charge in [0.05, 0.1) is 5.75 Å². The maximum Gasteiger partial charge on any atom is 0.237 e. The van der Waals surface area contributed by atoms with Gasteiger partial charge in [-0.25, -0.2) is 12.7 Å². The quantitative estimate of drug-likeness (QED) is 0.739. The number of rotatable bonds is 4. The van der Waals surface area contributed by atoms with Crippen LogP contribution >= 0.6 is 11.6 Å². The summed E-state index contributed by atoms with van der Waals surface area (Å²) < 4.78 is 24.9. The average Bonchev–Trinajstić information content (AvgIpc) is 2.57. The van der Waals surface area contributed by atoms with Crippen molar-refractivity contribution in [2.24, 2.45) is 11.3 Å². The topological polar surface area (TPSA) is 54.5 Å². The van der Waals surface area contributed by atoms with E-state index < -0.39 is 10.0 Å². The Morgan fingerprint density at radius 2 is 2.00 bits per heavy atom. The summed E-state index contributed by atoms with van der Waals surface area (Å²) in [5.74, 6) is 0.0727. The summed E-state index contributed by atoms with van der Waals surface area (Å²) in [5.41, 5.74) is -0.0492. The highest BCUT2D eigenvalue weighted by molar-refractivity contribution is 7.89. The lowest BCUT2D eigenvalue weighted by Gasteiger charge is -2.26. The summed E-state index contributed by atoms with van der Waals surface area (Å²) in [7, 11) is -3.47. The van der Waals surface area contributed by atoms with Crippen molar-refractivity contribution in [2.75, 3.05) is 18.2 Å². The van der Waals surface area contributed by atoms with Crippen LogP contribution in [0.15, 0.2) is 0 Å². The molecule has 1 unspecified atom stereocenters. The van der Waals surface area contributed by atoms with Crippen LogP contribution in [0, 0.1) is 11.3 Å². The van der Waals surface area contributed by atoms with Crippen LogP contribution in [0.25, 0.3) is 0 Å². The fraction of sp³-hybridized carbons (Fsp3) is 0.909. The minimum Gasteiger partial charge on any atom is -0.274 e. The Hall–Kier alpha value is -0.290. The molecule has 0 aromatic carbocycles. The number of nitrogens with zero attached hydrogens (tertiary/aromatic N) is 1. The van der Waals surface area contributed by atoms with Crippen molar-refractivity contribution in [2.45, 2.75) is 33.6 Å². The van der Waals surface area contributed by atoms with Gasteiger partial charge in [0.15, 0.2) is 0 Å². The molecule has 100 valence electrons. The number of carbonyl (C=O) groups excluding carboxylic acids is 1. The number of amides is 1. The van der Waals surface area contributed by atoms with Gasteiger partial charge in [-0.3, -0.25) is 4.79 Å². The highest BCUT2D eigenvalue weighted by Gasteiger charge is 2.41. The van der Waals surface area contributed by atoms with Crippen molar-refractivity contribution in [3.8, 4) is 0 Å². The smallest absolute Gasteiger partial charge is 0.237 e. The molecule has 4 nitrogen and oxygen atoms in total. The van der Waals surface area contributed by atoms with Gasteiger partial charge in [-0.1, -0.05) is 20.8 Å². The van der Waals surface area contributed by atoms with Crippen LogP contribution in [-0.4, -0.2) is 36.8 Å². The number of halogens is 1. The van der Waals surface area contributed by atoms with E-state index in [1.807, 2.05) is 20.8 Å². The van der Waals surface area contributed by atoms with E-state index >= 15 is 0 Å². The average molecular weight is 282 g/mol. The molecule has 17 heavy (non-hydrogen) atoms. The molecule has 1 fully saturated rings. The van der Waals surface area contributed by atoms with Gasteiger partial charge < -0.3 is 0 Å². The number of carbonyl (C=O) groups is 1. The van der Waals surface area contributed by atoms with E-state index in [4.69, 9.17) is 11.6 Å². The van der Waals surface area contributed by atoms with Crippen molar-refractivity contribution >= 4 is 27.5 Å². The SMILES string of the molecule is CC(C)(C)C1CC(=O)N(S(=O)(=O)CCCCl)C1. The summed E-state index contributed by atoms with van der Waals surface area (Å²) in [4.78, 5) is 11.8. The second kappa shape index (κ2) is 5.14. The van der Waals surface area contributed by atoms with Crippen molar-refractivity contribution < 1.29 is 13.2 Å². The molecule has 6 heteroatoms. The molecule has 0 radical (unpaired) electrons. The molecule has 1 amide bonds. The van der Waals surface area contributed by atoms with E-state index in [2.05, 4.69) is 0 Å². The van der Waals surface area contributed by atoms with Crippen LogP contribution in [0.4, 0.5) is 0 Å². The molecule has 1 rings (SSSR count). The zero-order chi connectivity index (χ0) is 13.3. The molecule has 0 saturated carbocycles. The van der Waals surface area contributed by atoms with E-state index in [1.165, 1.54) is 0 Å². The zero-order valence-electron chi connectivity index (χ0n) is 10.6. The van der Waals surface area contributed by atoms with Crippen molar-refractivity contribution in [3.05, 3.63) is 0 Å². The largest absolute Gasteiger partial charge is 0.274 e. The van der Waals surface area contributed by atoms with Gasteiger partial charge >= 0.3 is 0 Å². The van der Waals surface area contributed by atoms with E-state index in [0.29, 0.717) is 25.3 Å². The Morgan fingerprint density at radius 1 is 1.41 bits per heavy atom. The van der Waals surface area contributed by atoms with Crippen LogP contribution < -0.4 is 0 Å². The first-order valence-corrected chi connectivity index (χ1v) is 7.92. The first-order valence-electron chi connectivity index (χ1n) is 5.77.